The highest BCUT2D eigenvalue weighted by Crippen LogP contribution is 2.20. The molecule has 0 saturated carbocycles. The lowest BCUT2D eigenvalue weighted by Gasteiger charge is -2.29. The van der Waals surface area contributed by atoms with Crippen molar-refractivity contribution in [2.45, 2.75) is 38.5 Å². The van der Waals surface area contributed by atoms with E-state index < -0.39 is 0 Å². The Kier molecular flexibility index (Phi) is 4.19. The van der Waals surface area contributed by atoms with Gasteiger partial charge in [0.25, 0.3) is 5.91 Å². The standard InChI is InChI=1S/C16H23N3O/c20-16(19-11-5-2-6-12-19)14-7-8-17-15(13-14)18-9-3-1-4-10-18/h7-8,13H,1-6,9-12H2. The van der Waals surface area contributed by atoms with Gasteiger partial charge in [-0.1, -0.05) is 0 Å². The van der Waals surface area contributed by atoms with Crippen molar-refractivity contribution in [1.82, 2.24) is 9.88 Å². The Bertz CT molecular complexity index is 463. The molecule has 0 bridgehead atoms. The Labute approximate surface area is 120 Å². The SMILES string of the molecule is O=C(c1ccnc(N2CCCCC2)c1)N1CCCCC1. The molecular weight excluding hydrogens is 250 g/mol. The van der Waals surface area contributed by atoms with Crippen molar-refractivity contribution in [3.63, 3.8) is 0 Å². The molecule has 0 aromatic carbocycles. The smallest absolute Gasteiger partial charge is 0.254 e. The Morgan fingerprint density at radius 2 is 1.60 bits per heavy atom. The lowest BCUT2D eigenvalue weighted by molar-refractivity contribution is 0.0724. The zero-order chi connectivity index (χ0) is 13.8. The summed E-state index contributed by atoms with van der Waals surface area (Å²) in [6.07, 6.45) is 9.06. The Morgan fingerprint density at radius 3 is 2.30 bits per heavy atom. The van der Waals surface area contributed by atoms with Crippen LogP contribution in [0.4, 0.5) is 5.82 Å². The van der Waals surface area contributed by atoms with Gasteiger partial charge in [0.05, 0.1) is 0 Å². The minimum Gasteiger partial charge on any atom is -0.357 e. The van der Waals surface area contributed by atoms with Crippen molar-refractivity contribution in [2.75, 3.05) is 31.1 Å². The maximum atomic E-state index is 12.5. The summed E-state index contributed by atoms with van der Waals surface area (Å²) in [6.45, 7) is 3.93. The van der Waals surface area contributed by atoms with Crippen LogP contribution in [0.2, 0.25) is 0 Å². The molecule has 4 heteroatoms. The van der Waals surface area contributed by atoms with Crippen molar-refractivity contribution in [3.05, 3.63) is 23.9 Å². The first-order valence-electron chi connectivity index (χ1n) is 7.85. The number of anilines is 1. The summed E-state index contributed by atoms with van der Waals surface area (Å²) in [4.78, 5) is 21.2. The first-order chi connectivity index (χ1) is 9.84. The summed E-state index contributed by atoms with van der Waals surface area (Å²) in [5.74, 6) is 1.14. The number of aromatic nitrogens is 1. The largest absolute Gasteiger partial charge is 0.357 e. The molecule has 1 aromatic rings. The van der Waals surface area contributed by atoms with Gasteiger partial charge < -0.3 is 9.80 Å². The number of carbonyl (C=O) groups excluding carboxylic acids is 1. The second-order valence-electron chi connectivity index (χ2n) is 5.80. The van der Waals surface area contributed by atoms with Gasteiger partial charge in [0.2, 0.25) is 0 Å². The zero-order valence-electron chi connectivity index (χ0n) is 12.1. The van der Waals surface area contributed by atoms with E-state index in [1.807, 2.05) is 17.0 Å². The topological polar surface area (TPSA) is 36.4 Å². The van der Waals surface area contributed by atoms with Crippen molar-refractivity contribution in [2.24, 2.45) is 0 Å². The van der Waals surface area contributed by atoms with Crippen LogP contribution in [0.25, 0.3) is 0 Å². The number of rotatable bonds is 2. The van der Waals surface area contributed by atoms with E-state index in [2.05, 4.69) is 9.88 Å². The van der Waals surface area contributed by atoms with Gasteiger partial charge >= 0.3 is 0 Å². The molecular formula is C16H23N3O. The Morgan fingerprint density at radius 1 is 0.950 bits per heavy atom. The monoisotopic (exact) mass is 273 g/mol. The molecule has 0 atom stereocenters. The third kappa shape index (κ3) is 2.94. The number of hydrogen-bond acceptors (Lipinski definition) is 3. The molecule has 0 unspecified atom stereocenters. The number of nitrogens with zero attached hydrogens (tertiary/aromatic N) is 3. The average Bonchev–Trinajstić information content (AvgIpc) is 2.56. The Balaban J connectivity index is 1.74. The van der Waals surface area contributed by atoms with Crippen LogP contribution in [0.1, 0.15) is 48.9 Å². The summed E-state index contributed by atoms with van der Waals surface area (Å²) in [5, 5.41) is 0. The molecule has 3 rings (SSSR count). The number of piperidine rings is 2. The van der Waals surface area contributed by atoms with E-state index in [-0.39, 0.29) is 5.91 Å². The van der Waals surface area contributed by atoms with Crippen LogP contribution in [-0.4, -0.2) is 42.0 Å². The molecule has 2 aliphatic heterocycles. The van der Waals surface area contributed by atoms with Gasteiger partial charge in [0.15, 0.2) is 0 Å². The quantitative estimate of drug-likeness (QED) is 0.831. The summed E-state index contributed by atoms with van der Waals surface area (Å²) in [7, 11) is 0. The first kappa shape index (κ1) is 13.4. The molecule has 2 fully saturated rings. The van der Waals surface area contributed by atoms with Crippen LogP contribution < -0.4 is 4.90 Å². The van der Waals surface area contributed by atoms with E-state index in [1.54, 1.807) is 6.20 Å². The van der Waals surface area contributed by atoms with Crippen LogP contribution in [0.3, 0.4) is 0 Å². The molecule has 3 heterocycles. The van der Waals surface area contributed by atoms with Gasteiger partial charge in [-0.25, -0.2) is 4.98 Å². The van der Waals surface area contributed by atoms with Crippen LogP contribution in [0, 0.1) is 0 Å². The second-order valence-corrected chi connectivity index (χ2v) is 5.80. The maximum absolute atomic E-state index is 12.5. The fourth-order valence-corrected chi connectivity index (χ4v) is 3.13. The van der Waals surface area contributed by atoms with E-state index >= 15 is 0 Å². The van der Waals surface area contributed by atoms with Crippen molar-refractivity contribution in [1.29, 1.82) is 0 Å². The molecule has 0 radical (unpaired) electrons. The molecule has 108 valence electrons. The number of hydrogen-bond donors (Lipinski definition) is 0. The second kappa shape index (κ2) is 6.25. The Hall–Kier alpha value is -1.58. The molecule has 20 heavy (non-hydrogen) atoms. The fourth-order valence-electron chi connectivity index (χ4n) is 3.13. The third-order valence-electron chi connectivity index (χ3n) is 4.32. The summed E-state index contributed by atoms with van der Waals surface area (Å²) in [6, 6.07) is 3.83. The van der Waals surface area contributed by atoms with Gasteiger partial charge in [-0.05, 0) is 50.7 Å². The zero-order valence-corrected chi connectivity index (χ0v) is 12.1. The van der Waals surface area contributed by atoms with E-state index in [0.29, 0.717) is 0 Å². The van der Waals surface area contributed by atoms with Gasteiger partial charge in [0, 0.05) is 37.9 Å². The van der Waals surface area contributed by atoms with Crippen molar-refractivity contribution in [3.8, 4) is 0 Å². The minimum atomic E-state index is 0.172. The van der Waals surface area contributed by atoms with Crippen LogP contribution in [0.15, 0.2) is 18.3 Å². The molecule has 2 saturated heterocycles. The number of likely N-dealkylation sites (tertiary alicyclic amines) is 1. The third-order valence-corrected chi connectivity index (χ3v) is 4.32. The van der Waals surface area contributed by atoms with E-state index in [0.717, 1.165) is 50.4 Å². The van der Waals surface area contributed by atoms with Gasteiger partial charge in [-0.15, -0.1) is 0 Å². The van der Waals surface area contributed by atoms with E-state index in [4.69, 9.17) is 0 Å². The lowest BCUT2D eigenvalue weighted by Crippen LogP contribution is -2.36. The highest BCUT2D eigenvalue weighted by molar-refractivity contribution is 5.94. The number of amides is 1. The molecule has 4 nitrogen and oxygen atoms in total. The predicted octanol–water partition coefficient (Wildman–Crippen LogP) is 2.70. The van der Waals surface area contributed by atoms with Gasteiger partial charge in [0.1, 0.15) is 5.82 Å². The van der Waals surface area contributed by atoms with Crippen molar-refractivity contribution < 1.29 is 4.79 Å². The normalized spacial score (nSPS) is 20.0. The van der Waals surface area contributed by atoms with Gasteiger partial charge in [-0.3, -0.25) is 4.79 Å². The van der Waals surface area contributed by atoms with Gasteiger partial charge in [-0.2, -0.15) is 0 Å². The summed E-state index contributed by atoms with van der Waals surface area (Å²) >= 11 is 0. The van der Waals surface area contributed by atoms with E-state index in [1.165, 1.54) is 25.7 Å². The van der Waals surface area contributed by atoms with Crippen LogP contribution >= 0.6 is 0 Å². The molecule has 0 aliphatic carbocycles. The van der Waals surface area contributed by atoms with E-state index in [9.17, 15) is 4.79 Å². The lowest BCUT2D eigenvalue weighted by atomic mass is 10.1. The molecule has 1 aromatic heterocycles. The molecule has 1 amide bonds. The summed E-state index contributed by atoms with van der Waals surface area (Å²) < 4.78 is 0. The van der Waals surface area contributed by atoms with Crippen LogP contribution in [-0.2, 0) is 0 Å². The first-order valence-corrected chi connectivity index (χ1v) is 7.85. The van der Waals surface area contributed by atoms with Crippen LogP contribution in [0.5, 0.6) is 0 Å². The molecule has 0 spiro atoms. The average molecular weight is 273 g/mol. The fraction of sp³-hybridized carbons (Fsp3) is 0.625. The molecule has 0 N–H and O–H groups in total. The minimum absolute atomic E-state index is 0.172. The highest BCUT2D eigenvalue weighted by Gasteiger charge is 2.20. The highest BCUT2D eigenvalue weighted by atomic mass is 16.2. The molecule has 2 aliphatic rings. The predicted molar refractivity (Wildman–Crippen MR) is 80.1 cm³/mol. The van der Waals surface area contributed by atoms with Crippen molar-refractivity contribution >= 4 is 11.7 Å². The number of pyridine rings is 1. The number of carbonyl (C=O) groups is 1. The maximum Gasteiger partial charge on any atom is 0.254 e. The summed E-state index contributed by atoms with van der Waals surface area (Å²) in [5.41, 5.74) is 0.794.